The van der Waals surface area contributed by atoms with Gasteiger partial charge in [0.2, 0.25) is 0 Å². The van der Waals surface area contributed by atoms with Gasteiger partial charge >= 0.3 is 0 Å². The molecule has 0 unspecified atom stereocenters. The van der Waals surface area contributed by atoms with E-state index in [2.05, 4.69) is 15.0 Å². The molecule has 72 valence electrons. The van der Waals surface area contributed by atoms with E-state index >= 15 is 0 Å². The molecule has 6 heteroatoms. The summed E-state index contributed by atoms with van der Waals surface area (Å²) in [5.41, 5.74) is 1.14. The Hall–Kier alpha value is -0.640. The molecule has 0 aliphatic heterocycles. The fourth-order valence-corrected chi connectivity index (χ4v) is 1.56. The first-order chi connectivity index (χ1) is 6.70. The van der Waals surface area contributed by atoms with Crippen LogP contribution in [-0.4, -0.2) is 15.0 Å². The molecule has 0 aliphatic rings. The van der Waals surface area contributed by atoms with Crippen molar-refractivity contribution >= 4 is 45.8 Å². The fourth-order valence-electron chi connectivity index (χ4n) is 1.06. The van der Waals surface area contributed by atoms with Crippen molar-refractivity contribution in [3.8, 4) is 0 Å². The zero-order valence-corrected chi connectivity index (χ0v) is 9.11. The molecule has 0 saturated heterocycles. The second-order valence-electron chi connectivity index (χ2n) is 2.57. The number of hydrogen-bond donors (Lipinski definition) is 0. The number of fused-ring (bicyclic) bond motifs is 1. The van der Waals surface area contributed by atoms with Crippen molar-refractivity contribution in [3.05, 3.63) is 28.3 Å². The Kier molecular flexibility index (Phi) is 2.72. The third-order valence-corrected chi connectivity index (χ3v) is 2.34. The van der Waals surface area contributed by atoms with Gasteiger partial charge in [0.25, 0.3) is 0 Å². The minimum Gasteiger partial charge on any atom is -0.231 e. The SMILES string of the molecule is ClCc1nc(Cl)c2nc(Cl)ccc2n1. The second kappa shape index (κ2) is 3.85. The maximum absolute atomic E-state index is 5.88. The van der Waals surface area contributed by atoms with Gasteiger partial charge in [-0.2, -0.15) is 0 Å². The molecular formula is C8H4Cl3N3. The standard InChI is InChI=1S/C8H4Cl3N3/c9-3-6-12-4-1-2-5(10)13-7(4)8(11)14-6/h1-2H,3H2. The van der Waals surface area contributed by atoms with Crippen LogP contribution in [0.5, 0.6) is 0 Å². The summed E-state index contributed by atoms with van der Waals surface area (Å²) < 4.78 is 0. The van der Waals surface area contributed by atoms with Crippen LogP contribution in [0.2, 0.25) is 10.3 Å². The van der Waals surface area contributed by atoms with Crippen LogP contribution < -0.4 is 0 Å². The molecule has 0 atom stereocenters. The average Bonchev–Trinajstić information content (AvgIpc) is 2.19. The highest BCUT2D eigenvalue weighted by atomic mass is 35.5. The molecule has 3 nitrogen and oxygen atoms in total. The van der Waals surface area contributed by atoms with Gasteiger partial charge < -0.3 is 0 Å². The summed E-state index contributed by atoms with van der Waals surface area (Å²) in [5.74, 6) is 0.700. The van der Waals surface area contributed by atoms with Gasteiger partial charge in [-0.15, -0.1) is 11.6 Å². The molecular weight excluding hydrogens is 244 g/mol. The molecule has 2 rings (SSSR count). The number of nitrogens with zero attached hydrogens (tertiary/aromatic N) is 3. The maximum Gasteiger partial charge on any atom is 0.159 e. The number of pyridine rings is 1. The van der Waals surface area contributed by atoms with Crippen molar-refractivity contribution in [3.63, 3.8) is 0 Å². The van der Waals surface area contributed by atoms with Crippen molar-refractivity contribution in [1.82, 2.24) is 15.0 Å². The summed E-state index contributed by atoms with van der Waals surface area (Å²) >= 11 is 17.2. The summed E-state index contributed by atoms with van der Waals surface area (Å²) in [6.45, 7) is 0. The molecule has 0 aliphatic carbocycles. The molecule has 0 amide bonds. The molecule has 0 saturated carbocycles. The Labute approximate surface area is 95.0 Å². The monoisotopic (exact) mass is 247 g/mol. The molecule has 0 fully saturated rings. The lowest BCUT2D eigenvalue weighted by molar-refractivity contribution is 1.06. The molecule has 0 bridgehead atoms. The van der Waals surface area contributed by atoms with Gasteiger partial charge in [-0.1, -0.05) is 23.2 Å². The van der Waals surface area contributed by atoms with E-state index in [0.29, 0.717) is 22.0 Å². The molecule has 0 radical (unpaired) electrons. The molecule has 2 heterocycles. The quantitative estimate of drug-likeness (QED) is 0.442. The Bertz CT molecular complexity index is 486. The van der Waals surface area contributed by atoms with Crippen molar-refractivity contribution < 1.29 is 0 Å². The lowest BCUT2D eigenvalue weighted by Crippen LogP contribution is -1.95. The van der Waals surface area contributed by atoms with Crippen LogP contribution in [0.15, 0.2) is 12.1 Å². The predicted molar refractivity (Wildman–Crippen MR) is 56.9 cm³/mol. The average molecular weight is 249 g/mol. The van der Waals surface area contributed by atoms with E-state index in [1.165, 1.54) is 0 Å². The number of hydrogen-bond acceptors (Lipinski definition) is 3. The summed E-state index contributed by atoms with van der Waals surface area (Å²) in [6, 6.07) is 3.37. The lowest BCUT2D eigenvalue weighted by Gasteiger charge is -2.01. The van der Waals surface area contributed by atoms with E-state index in [1.54, 1.807) is 12.1 Å². The largest absolute Gasteiger partial charge is 0.231 e. The first-order valence-electron chi connectivity index (χ1n) is 3.75. The highest BCUT2D eigenvalue weighted by Gasteiger charge is 2.06. The normalized spacial score (nSPS) is 10.8. The van der Waals surface area contributed by atoms with E-state index in [1.807, 2.05) is 0 Å². The second-order valence-corrected chi connectivity index (χ2v) is 3.58. The zero-order chi connectivity index (χ0) is 10.1. The van der Waals surface area contributed by atoms with Crippen LogP contribution in [0.25, 0.3) is 11.0 Å². The van der Waals surface area contributed by atoms with Crippen LogP contribution in [-0.2, 0) is 5.88 Å². The Balaban J connectivity index is 2.76. The topological polar surface area (TPSA) is 38.7 Å². The molecule has 2 aromatic rings. The highest BCUT2D eigenvalue weighted by Crippen LogP contribution is 2.20. The summed E-state index contributed by atoms with van der Waals surface area (Å²) in [7, 11) is 0. The van der Waals surface area contributed by atoms with Crippen LogP contribution >= 0.6 is 34.8 Å². The van der Waals surface area contributed by atoms with Crippen LogP contribution in [0, 0.1) is 0 Å². The molecule has 0 N–H and O–H groups in total. The fraction of sp³-hybridized carbons (Fsp3) is 0.125. The maximum atomic E-state index is 5.88. The third-order valence-electron chi connectivity index (χ3n) is 1.63. The molecule has 14 heavy (non-hydrogen) atoms. The number of alkyl halides is 1. The van der Waals surface area contributed by atoms with Gasteiger partial charge in [-0.3, -0.25) is 0 Å². The van der Waals surface area contributed by atoms with Gasteiger partial charge in [0.05, 0.1) is 11.4 Å². The summed E-state index contributed by atoms with van der Waals surface area (Å²) in [5, 5.41) is 0.634. The van der Waals surface area contributed by atoms with Gasteiger partial charge in [-0.25, -0.2) is 15.0 Å². The van der Waals surface area contributed by atoms with Crippen LogP contribution in [0.3, 0.4) is 0 Å². The first kappa shape index (κ1) is 9.90. The van der Waals surface area contributed by atoms with E-state index in [0.717, 1.165) is 0 Å². The molecule has 0 aromatic carbocycles. The van der Waals surface area contributed by atoms with Gasteiger partial charge in [0.15, 0.2) is 5.15 Å². The van der Waals surface area contributed by atoms with E-state index in [-0.39, 0.29) is 11.0 Å². The van der Waals surface area contributed by atoms with Gasteiger partial charge in [0, 0.05) is 0 Å². The predicted octanol–water partition coefficient (Wildman–Crippen LogP) is 3.07. The first-order valence-corrected chi connectivity index (χ1v) is 5.04. The van der Waals surface area contributed by atoms with Crippen LogP contribution in [0.4, 0.5) is 0 Å². The Morgan fingerprint density at radius 3 is 2.57 bits per heavy atom. The number of rotatable bonds is 1. The summed E-state index contributed by atoms with van der Waals surface area (Å²) in [4.78, 5) is 12.1. The van der Waals surface area contributed by atoms with E-state index < -0.39 is 0 Å². The minimum absolute atomic E-state index is 0.221. The highest BCUT2D eigenvalue weighted by molar-refractivity contribution is 6.34. The van der Waals surface area contributed by atoms with Crippen molar-refractivity contribution in [2.45, 2.75) is 5.88 Å². The minimum atomic E-state index is 0.221. The van der Waals surface area contributed by atoms with E-state index in [9.17, 15) is 0 Å². The number of aromatic nitrogens is 3. The molecule has 0 spiro atoms. The zero-order valence-electron chi connectivity index (χ0n) is 6.84. The van der Waals surface area contributed by atoms with Gasteiger partial charge in [-0.05, 0) is 12.1 Å². The Morgan fingerprint density at radius 2 is 1.86 bits per heavy atom. The van der Waals surface area contributed by atoms with Crippen molar-refractivity contribution in [2.24, 2.45) is 0 Å². The molecule has 2 aromatic heterocycles. The number of halogens is 3. The van der Waals surface area contributed by atoms with Crippen molar-refractivity contribution in [1.29, 1.82) is 0 Å². The van der Waals surface area contributed by atoms with E-state index in [4.69, 9.17) is 34.8 Å². The smallest absolute Gasteiger partial charge is 0.159 e. The lowest BCUT2D eigenvalue weighted by atomic mass is 10.3. The summed E-state index contributed by atoms with van der Waals surface area (Å²) in [6.07, 6.45) is 0. The van der Waals surface area contributed by atoms with Gasteiger partial charge in [0.1, 0.15) is 16.5 Å². The van der Waals surface area contributed by atoms with Crippen LogP contribution in [0.1, 0.15) is 5.82 Å². The third kappa shape index (κ3) is 1.75. The van der Waals surface area contributed by atoms with Crippen molar-refractivity contribution in [2.75, 3.05) is 0 Å². The Morgan fingerprint density at radius 1 is 1.07 bits per heavy atom.